The topological polar surface area (TPSA) is 149 Å². The molecule has 4 rings (SSSR count). The molecule has 1 atom stereocenters. The van der Waals surface area contributed by atoms with Crippen LogP contribution in [0.4, 0.5) is 16.2 Å². The van der Waals surface area contributed by atoms with E-state index in [9.17, 15) is 24.0 Å². The summed E-state index contributed by atoms with van der Waals surface area (Å²) in [5.41, 5.74) is 9.16. The molecule has 254 valence electrons. The van der Waals surface area contributed by atoms with E-state index in [0.717, 1.165) is 16.7 Å². The predicted molar refractivity (Wildman–Crippen MR) is 178 cm³/mol. The molecule has 2 aromatic rings. The van der Waals surface area contributed by atoms with Gasteiger partial charge in [0, 0.05) is 64.1 Å². The molecule has 13 heteroatoms. The predicted octanol–water partition coefficient (Wildman–Crippen LogP) is 2.40. The number of nitrogens with zero attached hydrogens (tertiary/aromatic N) is 5. The van der Waals surface area contributed by atoms with Crippen LogP contribution in [0.3, 0.4) is 0 Å². The van der Waals surface area contributed by atoms with Gasteiger partial charge in [-0.05, 0) is 69.5 Å². The lowest BCUT2D eigenvalue weighted by molar-refractivity contribution is -0.145. The van der Waals surface area contributed by atoms with Crippen molar-refractivity contribution in [1.29, 1.82) is 0 Å². The number of carbonyl (C=O) groups excluding carboxylic acids is 5. The average molecular weight is 650 g/mol. The van der Waals surface area contributed by atoms with Crippen LogP contribution in [-0.4, -0.2) is 96.6 Å². The van der Waals surface area contributed by atoms with E-state index in [1.54, 1.807) is 49.9 Å². The highest BCUT2D eigenvalue weighted by molar-refractivity contribution is 6.00. The van der Waals surface area contributed by atoms with E-state index in [2.05, 4.69) is 17.4 Å². The molecule has 0 aliphatic carbocycles. The van der Waals surface area contributed by atoms with E-state index in [0.29, 0.717) is 31.0 Å². The number of hydrogen-bond acceptors (Lipinski definition) is 8. The van der Waals surface area contributed by atoms with E-state index in [1.807, 2.05) is 37.1 Å². The standard InChI is InChI=1S/C34H47N7O6/c1-7-38(33(46)47-34(3,4)5)15-14-36-29(42)21-39(22-31(44)37(6)40-18-24-10-8-9-11-25(24)19-40)28-13-12-27(16-23(28)2)41-20-26(32(35)45)17-30(41)43/h8-13,16,26H,7,14-15,17-22H2,1-6H3,(H2,35,45)(H,36,42). The number of amides is 5. The molecular weight excluding hydrogens is 602 g/mol. The van der Waals surface area contributed by atoms with E-state index in [4.69, 9.17) is 10.5 Å². The molecule has 2 aromatic carbocycles. The minimum absolute atomic E-state index is 0.0625. The number of rotatable bonds is 12. The van der Waals surface area contributed by atoms with Crippen LogP contribution in [0.5, 0.6) is 0 Å². The van der Waals surface area contributed by atoms with Gasteiger partial charge in [-0.1, -0.05) is 24.3 Å². The Bertz CT molecular complexity index is 1480. The lowest BCUT2D eigenvalue weighted by Gasteiger charge is -2.32. The molecule has 0 aromatic heterocycles. The van der Waals surface area contributed by atoms with Crippen LogP contribution in [0.25, 0.3) is 0 Å². The maximum Gasteiger partial charge on any atom is 0.410 e. The Balaban J connectivity index is 1.48. The molecule has 2 aliphatic rings. The Kier molecular flexibility index (Phi) is 11.1. The van der Waals surface area contributed by atoms with Gasteiger partial charge in [0.1, 0.15) is 5.60 Å². The maximum atomic E-state index is 13.7. The number of nitrogens with one attached hydrogen (secondary N) is 1. The Labute approximate surface area is 276 Å². The van der Waals surface area contributed by atoms with Gasteiger partial charge in [-0.2, -0.15) is 0 Å². The second-order valence-corrected chi connectivity index (χ2v) is 13.1. The first-order valence-corrected chi connectivity index (χ1v) is 15.9. The zero-order valence-corrected chi connectivity index (χ0v) is 28.2. The Hall–Kier alpha value is -4.65. The molecular formula is C34H47N7O6. The van der Waals surface area contributed by atoms with Crippen LogP contribution in [0.1, 0.15) is 50.8 Å². The van der Waals surface area contributed by atoms with Gasteiger partial charge in [0.25, 0.3) is 5.91 Å². The number of likely N-dealkylation sites (N-methyl/N-ethyl adjacent to an activating group) is 2. The van der Waals surface area contributed by atoms with Gasteiger partial charge in [0.15, 0.2) is 0 Å². The molecule has 5 amide bonds. The van der Waals surface area contributed by atoms with Crippen molar-refractivity contribution in [2.24, 2.45) is 11.7 Å². The summed E-state index contributed by atoms with van der Waals surface area (Å²) in [7, 11) is 1.73. The minimum Gasteiger partial charge on any atom is -0.444 e. The second kappa shape index (κ2) is 14.8. The molecule has 1 unspecified atom stereocenters. The summed E-state index contributed by atoms with van der Waals surface area (Å²) >= 11 is 0. The number of carbonyl (C=O) groups is 5. The number of hydrogen-bond donors (Lipinski definition) is 2. The highest BCUT2D eigenvalue weighted by Gasteiger charge is 2.34. The maximum absolute atomic E-state index is 13.7. The van der Waals surface area contributed by atoms with E-state index >= 15 is 0 Å². The van der Waals surface area contributed by atoms with Gasteiger partial charge >= 0.3 is 6.09 Å². The lowest BCUT2D eigenvalue weighted by atomic mass is 10.1. The van der Waals surface area contributed by atoms with Gasteiger partial charge < -0.3 is 30.5 Å². The van der Waals surface area contributed by atoms with E-state index in [1.165, 1.54) is 9.80 Å². The molecule has 0 radical (unpaired) electrons. The number of anilines is 2. The Morgan fingerprint density at radius 1 is 1.04 bits per heavy atom. The van der Waals surface area contributed by atoms with Gasteiger partial charge in [-0.15, -0.1) is 0 Å². The van der Waals surface area contributed by atoms with Gasteiger partial charge in [-0.25, -0.2) is 9.80 Å². The summed E-state index contributed by atoms with van der Waals surface area (Å²) in [5.74, 6) is -1.77. The summed E-state index contributed by atoms with van der Waals surface area (Å²) in [6.07, 6.45) is -0.393. The highest BCUT2D eigenvalue weighted by Crippen LogP contribution is 2.30. The van der Waals surface area contributed by atoms with Gasteiger partial charge in [0.05, 0.1) is 19.0 Å². The fraction of sp³-hybridized carbons (Fsp3) is 0.500. The molecule has 1 fully saturated rings. The highest BCUT2D eigenvalue weighted by atomic mass is 16.6. The zero-order chi connectivity index (χ0) is 34.5. The molecule has 1 saturated heterocycles. The molecule has 0 spiro atoms. The van der Waals surface area contributed by atoms with Crippen molar-refractivity contribution in [3.8, 4) is 0 Å². The van der Waals surface area contributed by atoms with Crippen molar-refractivity contribution < 1.29 is 28.7 Å². The van der Waals surface area contributed by atoms with Crippen LogP contribution in [-0.2, 0) is 37.0 Å². The van der Waals surface area contributed by atoms with Crippen LogP contribution in [0, 0.1) is 12.8 Å². The van der Waals surface area contributed by atoms with Crippen LogP contribution in [0.15, 0.2) is 42.5 Å². The zero-order valence-electron chi connectivity index (χ0n) is 28.2. The summed E-state index contributed by atoms with van der Waals surface area (Å²) in [5, 5.41) is 6.43. The number of hydrazine groups is 1. The number of aryl methyl sites for hydroxylation is 1. The van der Waals surface area contributed by atoms with Crippen molar-refractivity contribution in [1.82, 2.24) is 20.2 Å². The minimum atomic E-state index is -0.634. The van der Waals surface area contributed by atoms with Crippen molar-refractivity contribution in [3.63, 3.8) is 0 Å². The Morgan fingerprint density at radius 3 is 2.26 bits per heavy atom. The third-order valence-electron chi connectivity index (χ3n) is 8.37. The molecule has 0 saturated carbocycles. The number of ether oxygens (including phenoxy) is 1. The van der Waals surface area contributed by atoms with Crippen LogP contribution < -0.4 is 20.9 Å². The summed E-state index contributed by atoms with van der Waals surface area (Å²) in [6, 6.07) is 13.4. The van der Waals surface area contributed by atoms with E-state index < -0.39 is 23.5 Å². The first-order chi connectivity index (χ1) is 22.2. The quantitative estimate of drug-likeness (QED) is 0.356. The SMILES string of the molecule is CCN(CCNC(=O)CN(CC(=O)N(C)N1Cc2ccccc2C1)c1ccc(N2CC(C(N)=O)CC2=O)cc1C)C(=O)OC(C)(C)C. The molecule has 2 aliphatic heterocycles. The third kappa shape index (κ3) is 9.00. The van der Waals surface area contributed by atoms with Crippen LogP contribution in [0.2, 0.25) is 0 Å². The molecule has 2 heterocycles. The number of fused-ring (bicyclic) bond motifs is 1. The fourth-order valence-electron chi connectivity index (χ4n) is 5.75. The molecule has 0 bridgehead atoms. The summed E-state index contributed by atoms with van der Waals surface area (Å²) in [6.45, 7) is 11.2. The van der Waals surface area contributed by atoms with Gasteiger partial charge in [-0.3, -0.25) is 24.2 Å². The largest absolute Gasteiger partial charge is 0.444 e. The third-order valence-corrected chi connectivity index (χ3v) is 8.37. The number of benzene rings is 2. The normalized spacial score (nSPS) is 16.1. The monoisotopic (exact) mass is 649 g/mol. The fourth-order valence-corrected chi connectivity index (χ4v) is 5.75. The number of primary amides is 1. The van der Waals surface area contributed by atoms with Crippen molar-refractivity contribution in [2.45, 2.75) is 59.7 Å². The molecule has 47 heavy (non-hydrogen) atoms. The van der Waals surface area contributed by atoms with Gasteiger partial charge in [0.2, 0.25) is 17.7 Å². The summed E-state index contributed by atoms with van der Waals surface area (Å²) in [4.78, 5) is 68.6. The van der Waals surface area contributed by atoms with Crippen LogP contribution >= 0.6 is 0 Å². The van der Waals surface area contributed by atoms with E-state index in [-0.39, 0.29) is 56.9 Å². The smallest absolute Gasteiger partial charge is 0.410 e. The number of nitrogens with two attached hydrogens (primary N) is 1. The molecule has 3 N–H and O–H groups in total. The Morgan fingerprint density at radius 2 is 1.70 bits per heavy atom. The van der Waals surface area contributed by atoms with Crippen molar-refractivity contribution >= 4 is 41.1 Å². The first kappa shape index (κ1) is 35.2. The average Bonchev–Trinajstić information content (AvgIpc) is 3.61. The second-order valence-electron chi connectivity index (χ2n) is 13.1. The van der Waals surface area contributed by atoms with Crippen molar-refractivity contribution in [3.05, 3.63) is 59.2 Å². The van der Waals surface area contributed by atoms with Crippen molar-refractivity contribution in [2.75, 3.05) is 56.1 Å². The molecule has 13 nitrogen and oxygen atoms in total. The summed E-state index contributed by atoms with van der Waals surface area (Å²) < 4.78 is 5.46. The lowest BCUT2D eigenvalue weighted by Crippen LogP contribution is -2.48. The first-order valence-electron chi connectivity index (χ1n) is 15.9.